The van der Waals surface area contributed by atoms with Gasteiger partial charge >= 0.3 is 6.09 Å². The van der Waals surface area contributed by atoms with Crippen LogP contribution in [0.15, 0.2) is 0 Å². The number of hydrogen-bond donors (Lipinski definition) is 2. The van der Waals surface area contributed by atoms with Gasteiger partial charge in [-0.1, -0.05) is 0 Å². The van der Waals surface area contributed by atoms with Gasteiger partial charge in [0.15, 0.2) is 0 Å². The monoisotopic (exact) mass is 229 g/mol. The van der Waals surface area contributed by atoms with Gasteiger partial charge in [-0.05, 0) is 52.4 Å². The Labute approximate surface area is 97.3 Å². The maximum Gasteiger partial charge on any atom is 0.407 e. The molecule has 0 aromatic heterocycles. The molecule has 0 saturated heterocycles. The predicted octanol–water partition coefficient (Wildman–Crippen LogP) is 2.32. The molecule has 0 bridgehead atoms. The van der Waals surface area contributed by atoms with E-state index in [1.807, 2.05) is 20.8 Å². The lowest BCUT2D eigenvalue weighted by Gasteiger charge is -2.37. The molecule has 1 fully saturated rings. The largest absolute Gasteiger partial charge is 0.465 e. The first-order valence-corrected chi connectivity index (χ1v) is 5.99. The highest BCUT2D eigenvalue weighted by Gasteiger charge is 2.30. The molecule has 1 amide bonds. The Balaban J connectivity index is 2.53. The molecule has 0 aromatic carbocycles. The SMILES string of the molecule is CC(C)(C)N(C[C@H]1CC[C@@H](O)CC1)C(=O)O. The average Bonchev–Trinajstić information content (AvgIpc) is 2.14. The van der Waals surface area contributed by atoms with Gasteiger partial charge in [0.25, 0.3) is 0 Å². The van der Waals surface area contributed by atoms with Gasteiger partial charge in [-0.25, -0.2) is 4.79 Å². The van der Waals surface area contributed by atoms with E-state index in [1.165, 1.54) is 4.90 Å². The molecule has 2 N–H and O–H groups in total. The van der Waals surface area contributed by atoms with Crippen LogP contribution in [-0.2, 0) is 0 Å². The molecule has 16 heavy (non-hydrogen) atoms. The number of rotatable bonds is 2. The number of amides is 1. The number of carbonyl (C=O) groups is 1. The summed E-state index contributed by atoms with van der Waals surface area (Å²) in [5, 5.41) is 18.6. The van der Waals surface area contributed by atoms with Gasteiger partial charge in [-0.2, -0.15) is 0 Å². The summed E-state index contributed by atoms with van der Waals surface area (Å²) in [5.74, 6) is 0.402. The molecule has 0 heterocycles. The van der Waals surface area contributed by atoms with Crippen LogP contribution < -0.4 is 0 Å². The second-order valence-electron chi connectivity index (χ2n) is 5.74. The highest BCUT2D eigenvalue weighted by Crippen LogP contribution is 2.27. The molecule has 0 aliphatic heterocycles. The van der Waals surface area contributed by atoms with Crippen molar-refractivity contribution in [1.82, 2.24) is 4.90 Å². The van der Waals surface area contributed by atoms with Crippen molar-refractivity contribution in [1.29, 1.82) is 0 Å². The second kappa shape index (κ2) is 5.04. The van der Waals surface area contributed by atoms with Crippen LogP contribution in [0.3, 0.4) is 0 Å². The van der Waals surface area contributed by atoms with Gasteiger partial charge in [0, 0.05) is 12.1 Å². The zero-order valence-electron chi connectivity index (χ0n) is 10.4. The normalized spacial score (nSPS) is 26.5. The first-order chi connectivity index (χ1) is 7.30. The van der Waals surface area contributed by atoms with Gasteiger partial charge in [0.1, 0.15) is 0 Å². The Morgan fingerprint density at radius 1 is 1.25 bits per heavy atom. The lowest BCUT2D eigenvalue weighted by Crippen LogP contribution is -2.47. The van der Waals surface area contributed by atoms with Crippen LogP contribution in [0.2, 0.25) is 0 Å². The summed E-state index contributed by atoms with van der Waals surface area (Å²) >= 11 is 0. The Morgan fingerprint density at radius 2 is 1.75 bits per heavy atom. The maximum atomic E-state index is 11.2. The van der Waals surface area contributed by atoms with Crippen LogP contribution in [0.1, 0.15) is 46.5 Å². The fraction of sp³-hybridized carbons (Fsp3) is 0.917. The third kappa shape index (κ3) is 3.67. The van der Waals surface area contributed by atoms with Crippen molar-refractivity contribution in [2.75, 3.05) is 6.54 Å². The molecular formula is C12H23NO3. The van der Waals surface area contributed by atoms with E-state index in [1.54, 1.807) is 0 Å². The average molecular weight is 229 g/mol. The number of carboxylic acid groups (broad SMARTS) is 1. The van der Waals surface area contributed by atoms with Crippen LogP contribution in [0.25, 0.3) is 0 Å². The van der Waals surface area contributed by atoms with Gasteiger partial charge in [-0.15, -0.1) is 0 Å². The van der Waals surface area contributed by atoms with Crippen LogP contribution >= 0.6 is 0 Å². The molecule has 0 spiro atoms. The van der Waals surface area contributed by atoms with Gasteiger partial charge < -0.3 is 15.1 Å². The van der Waals surface area contributed by atoms with Crippen molar-refractivity contribution in [3.8, 4) is 0 Å². The molecular weight excluding hydrogens is 206 g/mol. The second-order valence-corrected chi connectivity index (χ2v) is 5.74. The summed E-state index contributed by atoms with van der Waals surface area (Å²) in [7, 11) is 0. The van der Waals surface area contributed by atoms with E-state index < -0.39 is 6.09 Å². The summed E-state index contributed by atoms with van der Waals surface area (Å²) in [6.45, 7) is 6.34. The minimum absolute atomic E-state index is 0.177. The van der Waals surface area contributed by atoms with E-state index in [0.29, 0.717) is 12.5 Å². The molecule has 0 unspecified atom stereocenters. The number of nitrogens with zero attached hydrogens (tertiary/aromatic N) is 1. The summed E-state index contributed by atoms with van der Waals surface area (Å²) < 4.78 is 0. The van der Waals surface area contributed by atoms with E-state index >= 15 is 0 Å². The fourth-order valence-corrected chi connectivity index (χ4v) is 2.22. The summed E-state index contributed by atoms with van der Waals surface area (Å²) in [6.07, 6.45) is 2.45. The molecule has 4 nitrogen and oxygen atoms in total. The molecule has 0 radical (unpaired) electrons. The molecule has 94 valence electrons. The van der Waals surface area contributed by atoms with Crippen molar-refractivity contribution in [2.45, 2.75) is 58.1 Å². The first kappa shape index (κ1) is 13.3. The van der Waals surface area contributed by atoms with E-state index in [0.717, 1.165) is 25.7 Å². The Morgan fingerprint density at radius 3 is 2.12 bits per heavy atom. The van der Waals surface area contributed by atoms with E-state index in [2.05, 4.69) is 0 Å². The van der Waals surface area contributed by atoms with Crippen LogP contribution in [0, 0.1) is 5.92 Å². The smallest absolute Gasteiger partial charge is 0.407 e. The zero-order valence-corrected chi connectivity index (χ0v) is 10.4. The van der Waals surface area contributed by atoms with Crippen molar-refractivity contribution >= 4 is 6.09 Å². The molecule has 0 aromatic rings. The minimum Gasteiger partial charge on any atom is -0.465 e. The van der Waals surface area contributed by atoms with E-state index in [-0.39, 0.29) is 11.6 Å². The lowest BCUT2D eigenvalue weighted by atomic mass is 9.86. The number of hydrogen-bond acceptors (Lipinski definition) is 2. The molecule has 1 saturated carbocycles. The summed E-state index contributed by atoms with van der Waals surface area (Å²) in [4.78, 5) is 12.7. The third-order valence-electron chi connectivity index (χ3n) is 3.30. The molecule has 1 aliphatic rings. The van der Waals surface area contributed by atoms with Crippen molar-refractivity contribution in [3.63, 3.8) is 0 Å². The Kier molecular flexibility index (Phi) is 4.19. The molecule has 0 atom stereocenters. The van der Waals surface area contributed by atoms with Crippen LogP contribution in [0.5, 0.6) is 0 Å². The summed E-state index contributed by atoms with van der Waals surface area (Å²) in [5.41, 5.74) is -0.345. The highest BCUT2D eigenvalue weighted by molar-refractivity contribution is 5.66. The van der Waals surface area contributed by atoms with Crippen molar-refractivity contribution < 1.29 is 15.0 Å². The quantitative estimate of drug-likeness (QED) is 0.764. The Bertz CT molecular complexity index is 239. The standard InChI is InChI=1S/C12H23NO3/c1-12(2,3)13(11(15)16)8-9-4-6-10(14)7-5-9/h9-10,14H,4-8H2,1-3H3,(H,15,16)/t9-,10+. The number of aliphatic hydroxyl groups is 1. The van der Waals surface area contributed by atoms with Crippen molar-refractivity contribution in [3.05, 3.63) is 0 Å². The minimum atomic E-state index is -0.848. The van der Waals surface area contributed by atoms with Crippen molar-refractivity contribution in [2.24, 2.45) is 5.92 Å². The van der Waals surface area contributed by atoms with E-state index in [9.17, 15) is 9.90 Å². The van der Waals surface area contributed by atoms with Gasteiger partial charge in [-0.3, -0.25) is 0 Å². The van der Waals surface area contributed by atoms with E-state index in [4.69, 9.17) is 5.11 Å². The van der Waals surface area contributed by atoms with Crippen LogP contribution in [0.4, 0.5) is 4.79 Å². The van der Waals surface area contributed by atoms with Crippen LogP contribution in [-0.4, -0.2) is 39.4 Å². The fourth-order valence-electron chi connectivity index (χ4n) is 2.22. The van der Waals surface area contributed by atoms with Gasteiger partial charge in [0.2, 0.25) is 0 Å². The topological polar surface area (TPSA) is 60.8 Å². The molecule has 4 heteroatoms. The third-order valence-corrected chi connectivity index (χ3v) is 3.30. The Hall–Kier alpha value is -0.770. The first-order valence-electron chi connectivity index (χ1n) is 5.99. The predicted molar refractivity (Wildman–Crippen MR) is 62.4 cm³/mol. The maximum absolute atomic E-state index is 11.2. The highest BCUT2D eigenvalue weighted by atomic mass is 16.4. The molecule has 1 aliphatic carbocycles. The molecule has 1 rings (SSSR count). The lowest BCUT2D eigenvalue weighted by molar-refractivity contribution is 0.0633. The number of aliphatic hydroxyl groups excluding tert-OH is 1. The zero-order chi connectivity index (χ0) is 12.3. The summed E-state index contributed by atoms with van der Waals surface area (Å²) in [6, 6.07) is 0. The van der Waals surface area contributed by atoms with Gasteiger partial charge in [0.05, 0.1) is 6.10 Å².